The molecule has 0 radical (unpaired) electrons. The van der Waals surface area contributed by atoms with Gasteiger partial charge in [0.2, 0.25) is 11.6 Å². The number of carbonyl (C=O) groups excluding carboxylic acids is 1. The van der Waals surface area contributed by atoms with Gasteiger partial charge in [-0.25, -0.2) is 9.38 Å². The number of hydrogen-bond donors (Lipinski definition) is 2. The van der Waals surface area contributed by atoms with Crippen LogP contribution in [0, 0.1) is 0 Å². The van der Waals surface area contributed by atoms with E-state index in [1.807, 2.05) is 36.4 Å². The third-order valence-electron chi connectivity index (χ3n) is 5.06. The average molecular weight is 478 g/mol. The van der Waals surface area contributed by atoms with Crippen LogP contribution in [0.25, 0.3) is 28.2 Å². The molecule has 0 amide bonds. The van der Waals surface area contributed by atoms with Gasteiger partial charge in [0, 0.05) is 17.7 Å². The first kappa shape index (κ1) is 19.4. The predicted octanol–water partition coefficient (Wildman–Crippen LogP) is 3.03. The molecule has 5 aromatic rings. The van der Waals surface area contributed by atoms with E-state index in [1.54, 1.807) is 28.8 Å². The molecule has 0 aliphatic carbocycles. The van der Waals surface area contributed by atoms with E-state index in [9.17, 15) is 14.7 Å². The van der Waals surface area contributed by atoms with E-state index in [2.05, 4.69) is 30.9 Å². The first-order valence-corrected chi connectivity index (χ1v) is 10.4. The van der Waals surface area contributed by atoms with Crippen LogP contribution in [0.2, 0.25) is 0 Å². The van der Waals surface area contributed by atoms with Crippen molar-refractivity contribution in [3.05, 3.63) is 87.0 Å². The van der Waals surface area contributed by atoms with Gasteiger partial charge in [-0.05, 0) is 15.9 Å². The van der Waals surface area contributed by atoms with Gasteiger partial charge in [-0.2, -0.15) is 4.98 Å². The van der Waals surface area contributed by atoms with Crippen molar-refractivity contribution < 1.29 is 9.90 Å². The van der Waals surface area contributed by atoms with Crippen LogP contribution in [0.15, 0.2) is 70.2 Å². The minimum atomic E-state index is -0.463. The van der Waals surface area contributed by atoms with Gasteiger partial charge in [-0.3, -0.25) is 9.59 Å². The molecule has 0 saturated heterocycles. The van der Waals surface area contributed by atoms with Gasteiger partial charge in [-0.15, -0.1) is 0 Å². The number of fused-ring (bicyclic) bond motifs is 2. The Morgan fingerprint density at radius 1 is 1.03 bits per heavy atom. The normalized spacial score (nSPS) is 11.4. The Labute approximate surface area is 184 Å². The first-order valence-electron chi connectivity index (χ1n) is 9.56. The number of aromatic amines is 1. The van der Waals surface area contributed by atoms with E-state index >= 15 is 0 Å². The Balaban J connectivity index is 1.88. The van der Waals surface area contributed by atoms with Crippen LogP contribution < -0.4 is 5.56 Å². The number of halogens is 1. The van der Waals surface area contributed by atoms with Crippen LogP contribution in [0.4, 0.5) is 0 Å². The predicted molar refractivity (Wildman–Crippen MR) is 119 cm³/mol. The SMILES string of the molecule is O=C(c1ccccc1)c1c(-c2ccccc2)[nH]c2nc3c(nc(Br)n3CCO)c(=O)n12. The molecule has 0 saturated carbocycles. The number of hydrogen-bond acceptors (Lipinski definition) is 5. The fraction of sp³-hybridized carbons (Fsp3) is 0.0909. The van der Waals surface area contributed by atoms with E-state index in [4.69, 9.17) is 0 Å². The molecule has 8 nitrogen and oxygen atoms in total. The minimum Gasteiger partial charge on any atom is -0.395 e. The molecule has 2 N–H and O–H groups in total. The molecule has 0 spiro atoms. The second-order valence-electron chi connectivity index (χ2n) is 6.91. The molecular formula is C22H16BrN5O3. The molecule has 3 heterocycles. The Bertz CT molecular complexity index is 1490. The lowest BCUT2D eigenvalue weighted by Crippen LogP contribution is -2.20. The highest BCUT2D eigenvalue weighted by Gasteiger charge is 2.25. The Hall–Kier alpha value is -3.56. The Morgan fingerprint density at radius 2 is 1.71 bits per heavy atom. The number of imidazole rings is 2. The maximum atomic E-state index is 13.5. The summed E-state index contributed by atoms with van der Waals surface area (Å²) in [5, 5.41) is 9.37. The lowest BCUT2D eigenvalue weighted by molar-refractivity contribution is 0.103. The Morgan fingerprint density at radius 3 is 2.39 bits per heavy atom. The van der Waals surface area contributed by atoms with Crippen molar-refractivity contribution in [3.63, 3.8) is 0 Å². The summed E-state index contributed by atoms with van der Waals surface area (Å²) in [6.07, 6.45) is 0. The van der Waals surface area contributed by atoms with Crippen LogP contribution in [-0.2, 0) is 6.54 Å². The van der Waals surface area contributed by atoms with Gasteiger partial charge in [-0.1, -0.05) is 60.7 Å². The summed E-state index contributed by atoms with van der Waals surface area (Å²) < 4.78 is 3.27. The lowest BCUT2D eigenvalue weighted by atomic mass is 10.0. The summed E-state index contributed by atoms with van der Waals surface area (Å²) in [6.45, 7) is 0.0879. The zero-order chi connectivity index (χ0) is 21.5. The number of aliphatic hydroxyl groups excluding tert-OH is 1. The topological polar surface area (TPSA) is 105 Å². The highest BCUT2D eigenvalue weighted by atomic mass is 79.9. The van der Waals surface area contributed by atoms with Crippen LogP contribution in [0.3, 0.4) is 0 Å². The fourth-order valence-corrected chi connectivity index (χ4v) is 4.18. The van der Waals surface area contributed by atoms with Crippen LogP contribution in [-0.4, -0.2) is 41.4 Å². The molecule has 2 aromatic carbocycles. The molecule has 0 atom stereocenters. The summed E-state index contributed by atoms with van der Waals surface area (Å²) >= 11 is 3.32. The number of aliphatic hydroxyl groups is 1. The van der Waals surface area contributed by atoms with Crippen molar-refractivity contribution in [1.29, 1.82) is 0 Å². The highest BCUT2D eigenvalue weighted by molar-refractivity contribution is 9.10. The highest BCUT2D eigenvalue weighted by Crippen LogP contribution is 2.26. The molecule has 5 rings (SSSR count). The van der Waals surface area contributed by atoms with E-state index < -0.39 is 5.56 Å². The fourth-order valence-electron chi connectivity index (χ4n) is 3.65. The van der Waals surface area contributed by atoms with E-state index in [-0.39, 0.29) is 35.9 Å². The smallest absolute Gasteiger partial charge is 0.287 e. The number of aromatic nitrogens is 5. The average Bonchev–Trinajstić information content (AvgIpc) is 3.34. The van der Waals surface area contributed by atoms with Gasteiger partial charge in [0.1, 0.15) is 5.69 Å². The van der Waals surface area contributed by atoms with Gasteiger partial charge in [0.05, 0.1) is 12.3 Å². The Kier molecular flexibility index (Phi) is 4.76. The number of benzene rings is 2. The zero-order valence-electron chi connectivity index (χ0n) is 16.1. The first-order chi connectivity index (χ1) is 15.1. The lowest BCUT2D eigenvalue weighted by Gasteiger charge is -2.05. The number of nitrogens with one attached hydrogen (secondary N) is 1. The summed E-state index contributed by atoms with van der Waals surface area (Å²) in [4.78, 5) is 39.0. The van der Waals surface area contributed by atoms with E-state index in [0.717, 1.165) is 5.56 Å². The summed E-state index contributed by atoms with van der Waals surface area (Å²) in [5.41, 5.74) is 1.88. The van der Waals surface area contributed by atoms with Crippen LogP contribution in [0.5, 0.6) is 0 Å². The van der Waals surface area contributed by atoms with Gasteiger partial charge >= 0.3 is 0 Å². The standard InChI is InChI=1S/C22H16BrN5O3/c23-21-24-16-19(27(21)11-12-29)26-22-25-15(13-7-3-1-4-8-13)17(28(22)20(16)31)18(30)14-9-5-2-6-10-14/h1-10,29H,11-12H2,(H,25,26). The van der Waals surface area contributed by atoms with Gasteiger partial charge in [0.25, 0.3) is 5.56 Å². The van der Waals surface area contributed by atoms with E-state index in [0.29, 0.717) is 21.6 Å². The van der Waals surface area contributed by atoms with Crippen molar-refractivity contribution >= 4 is 38.7 Å². The molecule has 31 heavy (non-hydrogen) atoms. The number of rotatable bonds is 5. The molecule has 0 bridgehead atoms. The second-order valence-corrected chi connectivity index (χ2v) is 7.62. The molecule has 154 valence electrons. The third-order valence-corrected chi connectivity index (χ3v) is 5.66. The largest absolute Gasteiger partial charge is 0.395 e. The molecule has 3 aromatic heterocycles. The van der Waals surface area contributed by atoms with E-state index in [1.165, 1.54) is 4.40 Å². The quantitative estimate of drug-likeness (QED) is 0.299. The van der Waals surface area contributed by atoms with Crippen molar-refractivity contribution in [2.24, 2.45) is 0 Å². The molecule has 0 aliphatic rings. The van der Waals surface area contributed by atoms with Gasteiger partial charge < -0.3 is 14.7 Å². The maximum absolute atomic E-state index is 13.5. The second kappa shape index (κ2) is 7.60. The summed E-state index contributed by atoms with van der Waals surface area (Å²) in [5.74, 6) is -0.0787. The third kappa shape index (κ3) is 3.09. The molecule has 9 heteroatoms. The number of nitrogens with zero attached hydrogens (tertiary/aromatic N) is 4. The van der Waals surface area contributed by atoms with Gasteiger partial charge in [0.15, 0.2) is 15.9 Å². The van der Waals surface area contributed by atoms with Crippen LogP contribution >= 0.6 is 15.9 Å². The monoisotopic (exact) mass is 477 g/mol. The van der Waals surface area contributed by atoms with Crippen LogP contribution in [0.1, 0.15) is 16.1 Å². The molecule has 0 fully saturated rings. The van der Waals surface area contributed by atoms with Crippen molar-refractivity contribution in [3.8, 4) is 11.3 Å². The maximum Gasteiger partial charge on any atom is 0.287 e. The van der Waals surface area contributed by atoms with Crippen molar-refractivity contribution in [1.82, 2.24) is 23.9 Å². The molecular weight excluding hydrogens is 462 g/mol. The summed E-state index contributed by atoms with van der Waals surface area (Å²) in [7, 11) is 0. The molecule has 0 unspecified atom stereocenters. The minimum absolute atomic E-state index is 0.110. The zero-order valence-corrected chi connectivity index (χ0v) is 17.7. The summed E-state index contributed by atoms with van der Waals surface area (Å²) in [6, 6.07) is 18.1. The number of carbonyl (C=O) groups is 1. The van der Waals surface area contributed by atoms with Crippen molar-refractivity contribution in [2.75, 3.05) is 6.61 Å². The number of ketones is 1. The molecule has 0 aliphatic heterocycles. The van der Waals surface area contributed by atoms with Crippen molar-refractivity contribution in [2.45, 2.75) is 6.54 Å². The number of H-pyrrole nitrogens is 1.